The van der Waals surface area contributed by atoms with Crippen LogP contribution in [0, 0.1) is 0 Å². The van der Waals surface area contributed by atoms with Crippen LogP contribution in [-0.4, -0.2) is 38.6 Å². The fraction of sp³-hybridized carbons (Fsp3) is 0.500. The molecule has 5 heteroatoms. The van der Waals surface area contributed by atoms with E-state index in [0.717, 1.165) is 5.56 Å². The molecular formula is C12H16O4S. The van der Waals surface area contributed by atoms with Crippen molar-refractivity contribution in [1.29, 1.82) is 0 Å². The number of ether oxygens (including phenoxy) is 1. The minimum atomic E-state index is -3.24. The van der Waals surface area contributed by atoms with Crippen LogP contribution in [0.25, 0.3) is 0 Å². The molecule has 0 spiro atoms. The van der Waals surface area contributed by atoms with E-state index in [1.54, 1.807) is 24.3 Å². The van der Waals surface area contributed by atoms with E-state index in [4.69, 9.17) is 9.84 Å². The van der Waals surface area contributed by atoms with Gasteiger partial charge in [-0.25, -0.2) is 8.42 Å². The van der Waals surface area contributed by atoms with Crippen LogP contribution in [0.3, 0.4) is 0 Å². The molecular weight excluding hydrogens is 240 g/mol. The summed E-state index contributed by atoms with van der Waals surface area (Å²) in [7, 11) is -3.24. The lowest BCUT2D eigenvalue weighted by atomic mass is 10.0. The largest absolute Gasteiger partial charge is 0.396 e. The molecule has 1 aromatic carbocycles. The fourth-order valence-corrected chi connectivity index (χ4v) is 3.13. The Hall–Kier alpha value is -0.910. The lowest BCUT2D eigenvalue weighted by Crippen LogP contribution is -2.40. The third-order valence-electron chi connectivity index (χ3n) is 3.10. The van der Waals surface area contributed by atoms with Crippen molar-refractivity contribution in [3.8, 4) is 0 Å². The summed E-state index contributed by atoms with van der Waals surface area (Å²) in [5.41, 5.74) is 0.941. The van der Waals surface area contributed by atoms with Crippen molar-refractivity contribution in [3.63, 3.8) is 0 Å². The fourth-order valence-electron chi connectivity index (χ4n) is 1.68. The van der Waals surface area contributed by atoms with Crippen LogP contribution in [0.4, 0.5) is 0 Å². The Kier molecular flexibility index (Phi) is 3.51. The molecule has 2 rings (SSSR count). The van der Waals surface area contributed by atoms with E-state index in [-0.39, 0.29) is 25.7 Å². The summed E-state index contributed by atoms with van der Waals surface area (Å²) in [6.07, 6.45) is 0. The summed E-state index contributed by atoms with van der Waals surface area (Å²) in [6.45, 7) is 2.53. The van der Waals surface area contributed by atoms with Gasteiger partial charge in [-0.3, -0.25) is 0 Å². The van der Waals surface area contributed by atoms with Gasteiger partial charge in [0.25, 0.3) is 0 Å². The number of rotatable bonds is 4. The van der Waals surface area contributed by atoms with Gasteiger partial charge in [0.1, 0.15) is 5.25 Å². The van der Waals surface area contributed by atoms with E-state index in [1.807, 2.05) is 6.92 Å². The molecule has 17 heavy (non-hydrogen) atoms. The lowest BCUT2D eigenvalue weighted by molar-refractivity contribution is 0.0416. The molecule has 0 radical (unpaired) electrons. The number of aliphatic hydroxyl groups excluding tert-OH is 1. The van der Waals surface area contributed by atoms with Crippen LogP contribution in [0.15, 0.2) is 29.2 Å². The minimum absolute atomic E-state index is 0.0267. The van der Waals surface area contributed by atoms with Crippen molar-refractivity contribution >= 4 is 9.84 Å². The van der Waals surface area contributed by atoms with Gasteiger partial charge in [-0.05, 0) is 17.7 Å². The highest BCUT2D eigenvalue weighted by Crippen LogP contribution is 2.23. The average Bonchev–Trinajstić information content (AvgIpc) is 2.25. The zero-order valence-corrected chi connectivity index (χ0v) is 10.5. The Labute approximate surface area is 101 Å². The molecule has 0 aromatic heterocycles. The summed E-state index contributed by atoms with van der Waals surface area (Å²) in [4.78, 5) is 0.333. The maximum Gasteiger partial charge on any atom is 0.185 e. The van der Waals surface area contributed by atoms with Crippen molar-refractivity contribution in [1.82, 2.24) is 0 Å². The molecule has 1 N–H and O–H groups in total. The quantitative estimate of drug-likeness (QED) is 0.871. The summed E-state index contributed by atoms with van der Waals surface area (Å²) in [5.74, 6) is 0.0267. The molecule has 0 aliphatic carbocycles. The third kappa shape index (κ3) is 2.36. The van der Waals surface area contributed by atoms with Crippen LogP contribution in [-0.2, 0) is 14.6 Å². The third-order valence-corrected chi connectivity index (χ3v) is 5.18. The molecule has 1 fully saturated rings. The molecule has 0 bridgehead atoms. The standard InChI is InChI=1S/C12H16O4S/c1-9(6-13)10-2-4-11(5-3-10)17(14,15)12-7-16-8-12/h2-5,9,12-13H,6-8H2,1H3. The summed E-state index contributed by atoms with van der Waals surface area (Å²) in [5, 5.41) is 8.62. The first-order chi connectivity index (χ1) is 8.05. The van der Waals surface area contributed by atoms with Gasteiger partial charge in [-0.1, -0.05) is 19.1 Å². The Morgan fingerprint density at radius 2 is 1.94 bits per heavy atom. The maximum absolute atomic E-state index is 12.0. The van der Waals surface area contributed by atoms with Crippen LogP contribution in [0.5, 0.6) is 0 Å². The summed E-state index contributed by atoms with van der Waals surface area (Å²) < 4.78 is 29.0. The molecule has 0 amide bonds. The van der Waals surface area contributed by atoms with Gasteiger partial charge in [0.15, 0.2) is 9.84 Å². The smallest absolute Gasteiger partial charge is 0.185 e. The Morgan fingerprint density at radius 1 is 1.35 bits per heavy atom. The van der Waals surface area contributed by atoms with E-state index >= 15 is 0 Å². The predicted molar refractivity (Wildman–Crippen MR) is 63.7 cm³/mol. The molecule has 1 saturated heterocycles. The van der Waals surface area contributed by atoms with E-state index in [9.17, 15) is 8.42 Å². The first-order valence-corrected chi connectivity index (χ1v) is 7.13. The molecule has 1 unspecified atom stereocenters. The van der Waals surface area contributed by atoms with Gasteiger partial charge in [-0.15, -0.1) is 0 Å². The Morgan fingerprint density at radius 3 is 2.35 bits per heavy atom. The van der Waals surface area contributed by atoms with Crippen molar-refractivity contribution in [2.45, 2.75) is 23.0 Å². The Balaban J connectivity index is 2.23. The van der Waals surface area contributed by atoms with E-state index in [2.05, 4.69) is 0 Å². The SMILES string of the molecule is CC(CO)c1ccc(S(=O)(=O)C2COC2)cc1. The zero-order valence-electron chi connectivity index (χ0n) is 9.67. The molecule has 1 aliphatic rings. The van der Waals surface area contributed by atoms with Gasteiger partial charge >= 0.3 is 0 Å². The first-order valence-electron chi connectivity index (χ1n) is 5.58. The first kappa shape index (κ1) is 12.5. The van der Waals surface area contributed by atoms with Gasteiger partial charge < -0.3 is 9.84 Å². The Bertz CT molecular complexity index is 474. The minimum Gasteiger partial charge on any atom is -0.396 e. The van der Waals surface area contributed by atoms with Gasteiger partial charge in [-0.2, -0.15) is 0 Å². The highest BCUT2D eigenvalue weighted by molar-refractivity contribution is 7.92. The van der Waals surface area contributed by atoms with Crippen molar-refractivity contribution < 1.29 is 18.3 Å². The second kappa shape index (κ2) is 4.76. The van der Waals surface area contributed by atoms with E-state index in [0.29, 0.717) is 4.90 Å². The molecule has 4 nitrogen and oxygen atoms in total. The molecule has 1 aromatic rings. The average molecular weight is 256 g/mol. The molecule has 1 heterocycles. The highest BCUT2D eigenvalue weighted by Gasteiger charge is 2.33. The predicted octanol–water partition coefficient (Wildman–Crippen LogP) is 0.955. The van der Waals surface area contributed by atoms with Gasteiger partial charge in [0.05, 0.1) is 18.1 Å². The summed E-state index contributed by atoms with van der Waals surface area (Å²) in [6, 6.07) is 6.73. The normalized spacial score (nSPS) is 18.7. The van der Waals surface area contributed by atoms with Crippen molar-refractivity contribution in [3.05, 3.63) is 29.8 Å². The highest BCUT2D eigenvalue weighted by atomic mass is 32.2. The van der Waals surface area contributed by atoms with Gasteiger partial charge in [0.2, 0.25) is 0 Å². The number of hydrogen-bond acceptors (Lipinski definition) is 4. The monoisotopic (exact) mass is 256 g/mol. The maximum atomic E-state index is 12.0. The van der Waals surface area contributed by atoms with E-state index < -0.39 is 15.1 Å². The van der Waals surface area contributed by atoms with E-state index in [1.165, 1.54) is 0 Å². The van der Waals surface area contributed by atoms with Crippen molar-refractivity contribution in [2.24, 2.45) is 0 Å². The van der Waals surface area contributed by atoms with Crippen LogP contribution in [0.2, 0.25) is 0 Å². The van der Waals surface area contributed by atoms with Gasteiger partial charge in [0, 0.05) is 12.5 Å². The van der Waals surface area contributed by atoms with Crippen LogP contribution >= 0.6 is 0 Å². The zero-order chi connectivity index (χ0) is 12.5. The summed E-state index contributed by atoms with van der Waals surface area (Å²) >= 11 is 0. The molecule has 94 valence electrons. The lowest BCUT2D eigenvalue weighted by Gasteiger charge is -2.25. The number of aliphatic hydroxyl groups is 1. The second-order valence-electron chi connectivity index (χ2n) is 4.36. The topological polar surface area (TPSA) is 63.6 Å². The number of benzene rings is 1. The van der Waals surface area contributed by atoms with Crippen LogP contribution < -0.4 is 0 Å². The number of sulfone groups is 1. The van der Waals surface area contributed by atoms with Crippen LogP contribution in [0.1, 0.15) is 18.4 Å². The second-order valence-corrected chi connectivity index (χ2v) is 6.59. The molecule has 1 atom stereocenters. The molecule has 1 aliphatic heterocycles. The van der Waals surface area contributed by atoms with Crippen molar-refractivity contribution in [2.75, 3.05) is 19.8 Å². The number of hydrogen-bond donors (Lipinski definition) is 1. The molecule has 0 saturated carbocycles.